The van der Waals surface area contributed by atoms with Gasteiger partial charge >= 0.3 is 18.9 Å². The molecule has 0 heterocycles. The second-order valence-corrected chi connectivity index (χ2v) is 3.38. The molecule has 0 saturated carbocycles. The van der Waals surface area contributed by atoms with Crippen molar-refractivity contribution in [3.8, 4) is 17.6 Å². The fourth-order valence-electron chi connectivity index (χ4n) is 1.33. The monoisotopic (exact) mass is 311 g/mol. The lowest BCUT2D eigenvalue weighted by Gasteiger charge is -2.15. The van der Waals surface area contributed by atoms with Crippen molar-refractivity contribution < 1.29 is 41.0 Å². The minimum absolute atomic E-state index is 0.445. The third-order valence-electron chi connectivity index (χ3n) is 2.03. The zero-order valence-corrected chi connectivity index (χ0v) is 10.2. The van der Waals surface area contributed by atoms with Gasteiger partial charge in [0, 0.05) is 0 Å². The number of benzene rings is 1. The van der Waals surface area contributed by atoms with E-state index in [0.717, 1.165) is 7.11 Å². The molecule has 0 aliphatic carbocycles. The number of alkyl halides is 5. The van der Waals surface area contributed by atoms with Gasteiger partial charge in [0.2, 0.25) is 0 Å². The first-order chi connectivity index (χ1) is 9.67. The highest BCUT2D eigenvalue weighted by molar-refractivity contribution is 5.91. The van der Waals surface area contributed by atoms with Crippen LogP contribution in [0.3, 0.4) is 0 Å². The number of nitriles is 1. The maximum atomic E-state index is 12.2. The highest BCUT2D eigenvalue weighted by Crippen LogP contribution is 2.37. The summed E-state index contributed by atoms with van der Waals surface area (Å²) < 4.78 is 72.8. The van der Waals surface area contributed by atoms with Crippen LogP contribution >= 0.6 is 0 Å². The third kappa shape index (κ3) is 4.48. The van der Waals surface area contributed by atoms with Gasteiger partial charge in [-0.1, -0.05) is 0 Å². The smallest absolute Gasteiger partial charge is 0.465 e. The molecule has 0 fully saturated rings. The summed E-state index contributed by atoms with van der Waals surface area (Å²) in [5, 5.41) is 8.76. The Bertz CT molecular complexity index is 579. The molecule has 0 bridgehead atoms. The SMILES string of the molecule is COC(=O)c1cc(C#N)c(OC(F)(F)F)c(OC(F)F)c1. The van der Waals surface area contributed by atoms with Gasteiger partial charge in [-0.25, -0.2) is 4.79 Å². The van der Waals surface area contributed by atoms with Gasteiger partial charge in [0.25, 0.3) is 0 Å². The van der Waals surface area contributed by atoms with Crippen molar-refractivity contribution in [2.75, 3.05) is 7.11 Å². The van der Waals surface area contributed by atoms with Gasteiger partial charge in [-0.2, -0.15) is 14.0 Å². The van der Waals surface area contributed by atoms with E-state index in [1.165, 1.54) is 6.07 Å². The molecule has 5 nitrogen and oxygen atoms in total. The molecular formula is C11H6F5NO4. The van der Waals surface area contributed by atoms with Crippen LogP contribution < -0.4 is 9.47 Å². The zero-order chi connectivity index (χ0) is 16.2. The average molecular weight is 311 g/mol. The summed E-state index contributed by atoms with van der Waals surface area (Å²) in [5.41, 5.74) is -1.26. The minimum Gasteiger partial charge on any atom is -0.465 e. The van der Waals surface area contributed by atoms with Crippen LogP contribution in [-0.4, -0.2) is 26.1 Å². The Balaban J connectivity index is 3.45. The van der Waals surface area contributed by atoms with Gasteiger partial charge in [0.05, 0.1) is 18.2 Å². The highest BCUT2D eigenvalue weighted by Gasteiger charge is 2.35. The molecule has 114 valence electrons. The molecule has 21 heavy (non-hydrogen) atoms. The van der Waals surface area contributed by atoms with Crippen LogP contribution in [0.2, 0.25) is 0 Å². The number of halogens is 5. The number of ether oxygens (including phenoxy) is 3. The molecule has 1 aromatic carbocycles. The summed E-state index contributed by atoms with van der Waals surface area (Å²) in [5.74, 6) is -3.43. The van der Waals surface area contributed by atoms with E-state index in [2.05, 4.69) is 14.2 Å². The average Bonchev–Trinajstić information content (AvgIpc) is 2.37. The lowest BCUT2D eigenvalue weighted by molar-refractivity contribution is -0.275. The number of methoxy groups -OCH3 is 1. The van der Waals surface area contributed by atoms with Crippen LogP contribution in [0.15, 0.2) is 12.1 Å². The summed E-state index contributed by atoms with van der Waals surface area (Å²) in [4.78, 5) is 11.3. The topological polar surface area (TPSA) is 68.6 Å². The number of carbonyl (C=O) groups is 1. The minimum atomic E-state index is -5.24. The molecule has 1 aromatic rings. The molecule has 0 aliphatic heterocycles. The van der Waals surface area contributed by atoms with Crippen molar-refractivity contribution in [3.63, 3.8) is 0 Å². The van der Waals surface area contributed by atoms with Crippen LogP contribution in [0.5, 0.6) is 11.5 Å². The molecule has 0 atom stereocenters. The van der Waals surface area contributed by atoms with E-state index in [1.807, 2.05) is 0 Å². The predicted octanol–water partition coefficient (Wildman–Crippen LogP) is 2.84. The fourth-order valence-corrected chi connectivity index (χ4v) is 1.33. The molecule has 0 amide bonds. The maximum Gasteiger partial charge on any atom is 0.573 e. The molecule has 0 N–H and O–H groups in total. The molecule has 0 saturated heterocycles. The van der Waals surface area contributed by atoms with E-state index in [-0.39, 0.29) is 0 Å². The van der Waals surface area contributed by atoms with Gasteiger partial charge in [-0.3, -0.25) is 0 Å². The van der Waals surface area contributed by atoms with Crippen LogP contribution in [0.1, 0.15) is 15.9 Å². The summed E-state index contributed by atoms with van der Waals surface area (Å²) in [6.45, 7) is -3.49. The number of nitrogens with zero attached hydrogens (tertiary/aromatic N) is 1. The van der Waals surface area contributed by atoms with Crippen molar-refractivity contribution in [1.29, 1.82) is 5.26 Å². The second kappa shape index (κ2) is 6.25. The van der Waals surface area contributed by atoms with Crippen LogP contribution in [0.4, 0.5) is 22.0 Å². The zero-order valence-electron chi connectivity index (χ0n) is 10.2. The molecule has 10 heteroatoms. The van der Waals surface area contributed by atoms with Gasteiger partial charge in [-0.15, -0.1) is 13.2 Å². The first-order valence-corrected chi connectivity index (χ1v) is 5.05. The van der Waals surface area contributed by atoms with Crippen LogP contribution in [-0.2, 0) is 4.74 Å². The van der Waals surface area contributed by atoms with Gasteiger partial charge < -0.3 is 14.2 Å². The first-order valence-electron chi connectivity index (χ1n) is 5.05. The summed E-state index contributed by atoms with van der Waals surface area (Å²) >= 11 is 0. The van der Waals surface area contributed by atoms with Crippen molar-refractivity contribution >= 4 is 5.97 Å². The van der Waals surface area contributed by atoms with E-state index in [9.17, 15) is 26.7 Å². The molecule has 0 aliphatic rings. The van der Waals surface area contributed by atoms with E-state index >= 15 is 0 Å². The molecule has 1 rings (SSSR count). The molecule has 0 unspecified atom stereocenters. The Labute approximate surface area is 114 Å². The van der Waals surface area contributed by atoms with E-state index in [1.54, 1.807) is 0 Å². The Hall–Kier alpha value is -2.57. The largest absolute Gasteiger partial charge is 0.573 e. The van der Waals surface area contributed by atoms with Gasteiger partial charge in [0.15, 0.2) is 11.5 Å². The number of carbonyl (C=O) groups excluding carboxylic acids is 1. The van der Waals surface area contributed by atoms with Crippen molar-refractivity contribution in [3.05, 3.63) is 23.3 Å². The highest BCUT2D eigenvalue weighted by atomic mass is 19.4. The predicted molar refractivity (Wildman–Crippen MR) is 55.8 cm³/mol. The maximum absolute atomic E-state index is 12.2. The van der Waals surface area contributed by atoms with E-state index < -0.39 is 41.6 Å². The molecule has 0 aromatic heterocycles. The number of rotatable bonds is 4. The Kier molecular flexibility index (Phi) is 4.91. The Morgan fingerprint density at radius 1 is 1.33 bits per heavy atom. The summed E-state index contributed by atoms with van der Waals surface area (Å²) in [6.07, 6.45) is -5.24. The van der Waals surface area contributed by atoms with Crippen molar-refractivity contribution in [1.82, 2.24) is 0 Å². The third-order valence-corrected chi connectivity index (χ3v) is 2.03. The molecule has 0 radical (unpaired) electrons. The molecular weight excluding hydrogens is 305 g/mol. The lowest BCUT2D eigenvalue weighted by atomic mass is 10.1. The van der Waals surface area contributed by atoms with Gasteiger partial charge in [-0.05, 0) is 12.1 Å². The normalized spacial score (nSPS) is 11.0. The summed E-state index contributed by atoms with van der Waals surface area (Å²) in [7, 11) is 0.960. The Morgan fingerprint density at radius 2 is 1.95 bits per heavy atom. The summed E-state index contributed by atoms with van der Waals surface area (Å²) in [6, 6.07) is 2.55. The van der Waals surface area contributed by atoms with Gasteiger partial charge in [0.1, 0.15) is 6.07 Å². The van der Waals surface area contributed by atoms with Crippen molar-refractivity contribution in [2.45, 2.75) is 13.0 Å². The number of esters is 1. The fraction of sp³-hybridized carbons (Fsp3) is 0.273. The quantitative estimate of drug-likeness (QED) is 0.632. The molecule has 0 spiro atoms. The lowest BCUT2D eigenvalue weighted by Crippen LogP contribution is -2.19. The van der Waals surface area contributed by atoms with Crippen molar-refractivity contribution in [2.24, 2.45) is 0 Å². The second-order valence-electron chi connectivity index (χ2n) is 3.38. The number of hydrogen-bond acceptors (Lipinski definition) is 5. The van der Waals surface area contributed by atoms with Crippen LogP contribution in [0.25, 0.3) is 0 Å². The standard InChI is InChI=1S/C11H6F5NO4/c1-19-9(18)5-2-6(4-17)8(21-11(14,15)16)7(3-5)20-10(12)13/h2-3,10H,1H3. The Morgan fingerprint density at radius 3 is 2.38 bits per heavy atom. The number of hydrogen-bond donors (Lipinski definition) is 0. The van der Waals surface area contributed by atoms with E-state index in [0.29, 0.717) is 12.1 Å². The van der Waals surface area contributed by atoms with Crippen LogP contribution in [0, 0.1) is 11.3 Å². The first kappa shape index (κ1) is 16.5. The van der Waals surface area contributed by atoms with E-state index in [4.69, 9.17) is 5.26 Å².